The van der Waals surface area contributed by atoms with Gasteiger partial charge in [0.15, 0.2) is 0 Å². The predicted octanol–water partition coefficient (Wildman–Crippen LogP) is 5.01. The molecule has 0 saturated carbocycles. The topological polar surface area (TPSA) is 27.7 Å². The Balaban J connectivity index is 2.41. The zero-order valence-corrected chi connectivity index (χ0v) is 12.2. The van der Waals surface area contributed by atoms with E-state index in [0.717, 1.165) is 13.3 Å². The monoisotopic (exact) mass is 348 g/mol. The molecule has 0 saturated heterocycles. The number of rotatable bonds is 2. The van der Waals surface area contributed by atoms with Crippen LogP contribution >= 0.6 is 7.28 Å². The molecule has 10 heteroatoms. The van der Waals surface area contributed by atoms with Gasteiger partial charge in [-0.3, -0.25) is 0 Å². The van der Waals surface area contributed by atoms with Crippen LogP contribution in [0.3, 0.4) is 0 Å². The molecule has 1 heterocycles. The van der Waals surface area contributed by atoms with Crippen molar-refractivity contribution in [3.05, 3.63) is 41.9 Å². The van der Waals surface area contributed by atoms with Crippen LogP contribution in [0.1, 0.15) is 0 Å². The molecule has 22 heavy (non-hydrogen) atoms. The van der Waals surface area contributed by atoms with Gasteiger partial charge in [0.1, 0.15) is 0 Å². The van der Waals surface area contributed by atoms with E-state index in [1.807, 2.05) is 0 Å². The first-order valence-corrected chi connectivity index (χ1v) is 8.73. The number of benzene rings is 1. The van der Waals surface area contributed by atoms with Gasteiger partial charge in [0, 0.05) is 0 Å². The molecule has 2 rings (SSSR count). The van der Waals surface area contributed by atoms with Gasteiger partial charge in [-0.25, -0.2) is 0 Å². The van der Waals surface area contributed by atoms with Crippen molar-refractivity contribution < 1.29 is 39.9 Å². The summed E-state index contributed by atoms with van der Waals surface area (Å²) in [5.74, 6) is -4.41. The van der Waals surface area contributed by atoms with Gasteiger partial charge in [0.05, 0.1) is 0 Å². The second kappa shape index (κ2) is 4.68. The molecule has 0 spiro atoms. The second-order valence-electron chi connectivity index (χ2n) is 5.01. The summed E-state index contributed by atoms with van der Waals surface area (Å²) < 4.78 is 91.1. The van der Waals surface area contributed by atoms with Crippen molar-refractivity contribution in [1.29, 1.82) is 0 Å². The van der Waals surface area contributed by atoms with Crippen molar-refractivity contribution in [2.24, 2.45) is 0 Å². The Morgan fingerprint density at radius 3 is 1.59 bits per heavy atom. The number of hydrogen-bond acceptors (Lipinski definition) is 3. The number of allylic oxidation sites excluding steroid dienone is 2. The molecule has 1 aliphatic rings. The van der Waals surface area contributed by atoms with Crippen molar-refractivity contribution in [1.82, 2.24) is 0 Å². The molecule has 0 aromatic heterocycles. The van der Waals surface area contributed by atoms with Gasteiger partial charge in [0.25, 0.3) is 0 Å². The van der Waals surface area contributed by atoms with E-state index >= 15 is 0 Å². The van der Waals surface area contributed by atoms with E-state index in [1.165, 1.54) is 24.3 Å². The third-order valence-electron chi connectivity index (χ3n) is 2.52. The minimum atomic E-state index is -5.35. The molecule has 124 valence electrons. The summed E-state index contributed by atoms with van der Waals surface area (Å²) in [6.07, 6.45) is -10.7. The Labute approximate surface area is 121 Å². The second-order valence-corrected chi connectivity index (χ2v) is 9.09. The first-order valence-electron chi connectivity index (χ1n) is 5.85. The van der Waals surface area contributed by atoms with Gasteiger partial charge in [0.2, 0.25) is 0 Å². The molecule has 0 amide bonds. The Morgan fingerprint density at radius 2 is 1.23 bits per heavy atom. The summed E-state index contributed by atoms with van der Waals surface area (Å²) in [5, 5.41) is 0. The molecule has 0 atom stereocenters. The third kappa shape index (κ3) is 3.40. The molecule has 0 unspecified atom stereocenters. The van der Waals surface area contributed by atoms with Gasteiger partial charge < -0.3 is 0 Å². The molecule has 1 aromatic carbocycles. The summed E-state index contributed by atoms with van der Waals surface area (Å²) in [5.41, 5.74) is 0. The molecule has 1 aromatic rings. The minimum absolute atomic E-state index is 0.0371. The van der Waals surface area contributed by atoms with Gasteiger partial charge >= 0.3 is 120 Å². The molecule has 0 N–H and O–H groups in total. The first kappa shape index (κ1) is 16.7. The van der Waals surface area contributed by atoms with Crippen molar-refractivity contribution in [2.45, 2.75) is 12.4 Å². The SMILES string of the molecule is CP1(C)(Oc2ccccc2)OC(C(F)(F)F)=C(C(F)(F)F)O1. The van der Waals surface area contributed by atoms with Gasteiger partial charge in [-0.2, -0.15) is 0 Å². The predicted molar refractivity (Wildman–Crippen MR) is 67.1 cm³/mol. The van der Waals surface area contributed by atoms with E-state index in [1.54, 1.807) is 6.07 Å². The van der Waals surface area contributed by atoms with E-state index in [-0.39, 0.29) is 5.75 Å². The summed E-state index contributed by atoms with van der Waals surface area (Å²) in [6.45, 7) is 1.92. The number of alkyl halides is 6. The molecule has 0 fully saturated rings. The summed E-state index contributed by atoms with van der Waals surface area (Å²) in [6, 6.07) is 7.36. The van der Waals surface area contributed by atoms with Crippen molar-refractivity contribution >= 4 is 7.28 Å². The molecule has 0 aliphatic carbocycles. The van der Waals surface area contributed by atoms with Crippen LogP contribution in [0.2, 0.25) is 0 Å². The van der Waals surface area contributed by atoms with E-state index in [4.69, 9.17) is 4.52 Å². The average Bonchev–Trinajstić information content (AvgIpc) is 2.63. The average molecular weight is 348 g/mol. The number of halogens is 6. The summed E-state index contributed by atoms with van der Waals surface area (Å²) in [4.78, 5) is 0. The van der Waals surface area contributed by atoms with Crippen molar-refractivity contribution in [2.75, 3.05) is 13.3 Å². The van der Waals surface area contributed by atoms with E-state index < -0.39 is 31.2 Å². The summed E-state index contributed by atoms with van der Waals surface area (Å²) >= 11 is 0. The number of hydrogen-bond donors (Lipinski definition) is 0. The summed E-state index contributed by atoms with van der Waals surface area (Å²) in [7, 11) is -4.67. The van der Waals surface area contributed by atoms with E-state index in [9.17, 15) is 26.3 Å². The third-order valence-corrected chi connectivity index (χ3v) is 4.64. The number of para-hydroxylation sites is 1. The molecule has 0 bridgehead atoms. The Hall–Kier alpha value is -1.63. The molecule has 0 radical (unpaired) electrons. The molecule has 1 aliphatic heterocycles. The first-order chi connectivity index (χ1) is 9.80. The van der Waals surface area contributed by atoms with Crippen LogP contribution in [-0.4, -0.2) is 25.7 Å². The van der Waals surface area contributed by atoms with E-state index in [0.29, 0.717) is 0 Å². The van der Waals surface area contributed by atoms with Crippen LogP contribution in [0.5, 0.6) is 5.75 Å². The van der Waals surface area contributed by atoms with Crippen LogP contribution in [0.15, 0.2) is 41.9 Å². The van der Waals surface area contributed by atoms with Gasteiger partial charge in [-0.15, -0.1) is 0 Å². The van der Waals surface area contributed by atoms with Crippen LogP contribution in [0.4, 0.5) is 26.3 Å². The zero-order valence-electron chi connectivity index (χ0n) is 11.3. The quantitative estimate of drug-likeness (QED) is 0.556. The normalized spacial score (nSPS) is 22.3. The van der Waals surface area contributed by atoms with Gasteiger partial charge in [-0.1, -0.05) is 0 Å². The van der Waals surface area contributed by atoms with Crippen molar-refractivity contribution in [3.8, 4) is 5.75 Å². The van der Waals surface area contributed by atoms with Crippen LogP contribution in [0, 0.1) is 0 Å². The zero-order chi connectivity index (χ0) is 16.8. The fraction of sp³-hybridized carbons (Fsp3) is 0.333. The van der Waals surface area contributed by atoms with Crippen molar-refractivity contribution in [3.63, 3.8) is 0 Å². The molecular formula is C12H11F6O3P. The Kier molecular flexibility index (Phi) is 3.56. The van der Waals surface area contributed by atoms with Gasteiger partial charge in [-0.05, 0) is 0 Å². The van der Waals surface area contributed by atoms with E-state index in [2.05, 4.69) is 9.05 Å². The van der Waals surface area contributed by atoms with Crippen LogP contribution in [0.25, 0.3) is 0 Å². The molecule has 3 nitrogen and oxygen atoms in total. The molecular weight excluding hydrogens is 337 g/mol. The Bertz CT molecular complexity index is 576. The standard InChI is InChI=1S/C12H11F6O3P/c1-22(2,19-8-6-4-3-5-7-8)20-9(11(13,14)15)10(21-22)12(16,17)18/h3-7H,1-2H3. The maximum absolute atomic E-state index is 12.8. The van der Waals surface area contributed by atoms with Crippen LogP contribution < -0.4 is 4.52 Å². The Morgan fingerprint density at radius 1 is 0.818 bits per heavy atom. The fourth-order valence-electron chi connectivity index (χ4n) is 1.79. The maximum atomic E-state index is 12.8. The van der Waals surface area contributed by atoms with Crippen LogP contribution in [-0.2, 0) is 9.05 Å². The fourth-order valence-corrected chi connectivity index (χ4v) is 4.02.